The number of hydrogen-bond donors (Lipinski definition) is 2. The monoisotopic (exact) mass is 427 g/mol. The van der Waals surface area contributed by atoms with Crippen molar-refractivity contribution in [3.05, 3.63) is 77.7 Å². The minimum Gasteiger partial charge on any atom is -0.495 e. The summed E-state index contributed by atoms with van der Waals surface area (Å²) in [7, 11) is 1.51. The van der Waals surface area contributed by atoms with Crippen molar-refractivity contribution in [2.45, 2.75) is 6.54 Å². The highest BCUT2D eigenvalue weighted by Crippen LogP contribution is 2.27. The molecule has 1 aromatic heterocycles. The van der Waals surface area contributed by atoms with E-state index in [2.05, 4.69) is 10.6 Å². The SMILES string of the molecule is COc1ccc(Cl)cc1NC(=O)CN(CC(=O)Nc1ccccc1)Cc1ccco1. The Balaban J connectivity index is 1.66. The van der Waals surface area contributed by atoms with E-state index in [1.54, 1.807) is 53.6 Å². The normalized spacial score (nSPS) is 10.6. The molecule has 0 saturated carbocycles. The zero-order valence-corrected chi connectivity index (χ0v) is 17.2. The van der Waals surface area contributed by atoms with Gasteiger partial charge in [0.25, 0.3) is 0 Å². The van der Waals surface area contributed by atoms with Crippen molar-refractivity contribution in [3.8, 4) is 5.75 Å². The van der Waals surface area contributed by atoms with E-state index in [1.807, 2.05) is 18.2 Å². The molecule has 1 heterocycles. The van der Waals surface area contributed by atoms with Crippen molar-refractivity contribution in [1.82, 2.24) is 4.90 Å². The lowest BCUT2D eigenvalue weighted by molar-refractivity contribution is -0.120. The first-order valence-corrected chi connectivity index (χ1v) is 9.64. The molecule has 2 aromatic carbocycles. The number of amides is 2. The molecule has 0 unspecified atom stereocenters. The first-order chi connectivity index (χ1) is 14.5. The molecule has 2 amide bonds. The van der Waals surface area contributed by atoms with Gasteiger partial charge in [0.2, 0.25) is 11.8 Å². The summed E-state index contributed by atoms with van der Waals surface area (Å²) in [5, 5.41) is 6.08. The van der Waals surface area contributed by atoms with Crippen molar-refractivity contribution in [2.75, 3.05) is 30.8 Å². The summed E-state index contributed by atoms with van der Waals surface area (Å²) >= 11 is 6.02. The molecular weight excluding hydrogens is 406 g/mol. The first kappa shape index (κ1) is 21.4. The van der Waals surface area contributed by atoms with E-state index < -0.39 is 0 Å². The predicted octanol–water partition coefficient (Wildman–Crippen LogP) is 4.02. The van der Waals surface area contributed by atoms with Crippen molar-refractivity contribution < 1.29 is 18.7 Å². The Labute approximate surface area is 179 Å². The number of furan rings is 1. The third-order valence-corrected chi connectivity index (χ3v) is 4.42. The fourth-order valence-corrected chi connectivity index (χ4v) is 3.06. The van der Waals surface area contributed by atoms with Gasteiger partial charge in [0.15, 0.2) is 0 Å². The maximum atomic E-state index is 12.7. The van der Waals surface area contributed by atoms with Gasteiger partial charge in [-0.05, 0) is 42.5 Å². The second-order valence-corrected chi connectivity index (χ2v) is 6.97. The van der Waals surface area contributed by atoms with Crippen molar-refractivity contribution in [1.29, 1.82) is 0 Å². The van der Waals surface area contributed by atoms with Crippen molar-refractivity contribution >= 4 is 34.8 Å². The second-order valence-electron chi connectivity index (χ2n) is 6.53. The Kier molecular flexibility index (Phi) is 7.48. The molecule has 0 spiro atoms. The third kappa shape index (κ3) is 6.37. The molecule has 0 aliphatic rings. The van der Waals surface area contributed by atoms with Crippen LogP contribution < -0.4 is 15.4 Å². The highest BCUT2D eigenvalue weighted by atomic mass is 35.5. The van der Waals surface area contributed by atoms with Crippen LogP contribution >= 0.6 is 11.6 Å². The van der Waals surface area contributed by atoms with Gasteiger partial charge in [-0.2, -0.15) is 0 Å². The standard InChI is InChI=1S/C22H22ClN3O4/c1-29-20-10-9-16(23)12-19(20)25-22(28)15-26(13-18-8-5-11-30-18)14-21(27)24-17-6-3-2-4-7-17/h2-12H,13-15H2,1H3,(H,24,27)(H,25,28). The Morgan fingerprint density at radius 3 is 2.40 bits per heavy atom. The molecule has 3 aromatic rings. The summed E-state index contributed by atoms with van der Waals surface area (Å²) in [6.07, 6.45) is 1.55. The van der Waals surface area contributed by atoms with Crippen molar-refractivity contribution in [3.63, 3.8) is 0 Å². The molecule has 0 atom stereocenters. The average molecular weight is 428 g/mol. The van der Waals surface area contributed by atoms with Crippen LogP contribution in [0.15, 0.2) is 71.3 Å². The van der Waals surface area contributed by atoms with Crippen molar-refractivity contribution in [2.24, 2.45) is 0 Å². The van der Waals surface area contributed by atoms with Crippen LogP contribution in [0.4, 0.5) is 11.4 Å². The van der Waals surface area contributed by atoms with Gasteiger partial charge in [-0.1, -0.05) is 29.8 Å². The van der Waals surface area contributed by atoms with Crippen LogP contribution in [-0.2, 0) is 16.1 Å². The van der Waals surface area contributed by atoms with Gasteiger partial charge in [0.1, 0.15) is 11.5 Å². The summed E-state index contributed by atoms with van der Waals surface area (Å²) < 4.78 is 10.6. The second kappa shape index (κ2) is 10.5. The molecule has 8 heteroatoms. The number of anilines is 2. The van der Waals surface area contributed by atoms with Gasteiger partial charge >= 0.3 is 0 Å². The molecule has 2 N–H and O–H groups in total. The highest BCUT2D eigenvalue weighted by Gasteiger charge is 2.18. The fourth-order valence-electron chi connectivity index (χ4n) is 2.89. The lowest BCUT2D eigenvalue weighted by atomic mass is 10.3. The molecule has 7 nitrogen and oxygen atoms in total. The van der Waals surface area contributed by atoms with E-state index in [1.165, 1.54) is 7.11 Å². The first-order valence-electron chi connectivity index (χ1n) is 9.26. The lowest BCUT2D eigenvalue weighted by Crippen LogP contribution is -2.38. The number of hydrogen-bond acceptors (Lipinski definition) is 5. The number of para-hydroxylation sites is 1. The van der Waals surface area contributed by atoms with Crippen LogP contribution in [0.25, 0.3) is 0 Å². The highest BCUT2D eigenvalue weighted by molar-refractivity contribution is 6.31. The molecule has 30 heavy (non-hydrogen) atoms. The van der Waals surface area contributed by atoms with Crippen LogP contribution in [0.1, 0.15) is 5.76 Å². The van der Waals surface area contributed by atoms with Gasteiger partial charge in [-0.3, -0.25) is 14.5 Å². The van der Waals surface area contributed by atoms with Crippen LogP contribution in [-0.4, -0.2) is 36.9 Å². The minimum absolute atomic E-state index is 0.00962. The number of methoxy groups -OCH3 is 1. The Morgan fingerprint density at radius 1 is 1.00 bits per heavy atom. The number of nitrogens with one attached hydrogen (secondary N) is 2. The van der Waals surface area contributed by atoms with E-state index >= 15 is 0 Å². The summed E-state index contributed by atoms with van der Waals surface area (Å²) in [5.41, 5.74) is 1.15. The molecule has 0 aliphatic carbocycles. The van der Waals surface area contributed by atoms with E-state index in [9.17, 15) is 9.59 Å². The Hall–Kier alpha value is -3.29. The summed E-state index contributed by atoms with van der Waals surface area (Å²) in [4.78, 5) is 26.8. The Bertz CT molecular complexity index is 977. The number of nitrogens with zero attached hydrogens (tertiary/aromatic N) is 1. The maximum absolute atomic E-state index is 12.7. The fraction of sp³-hybridized carbons (Fsp3) is 0.182. The van der Waals surface area contributed by atoms with Crippen LogP contribution in [0.2, 0.25) is 5.02 Å². The number of carbonyl (C=O) groups is 2. The topological polar surface area (TPSA) is 83.8 Å². The quantitative estimate of drug-likeness (QED) is 0.538. The zero-order valence-electron chi connectivity index (χ0n) is 16.4. The molecule has 0 aliphatic heterocycles. The minimum atomic E-state index is -0.311. The molecule has 3 rings (SSSR count). The van der Waals surface area contributed by atoms with Gasteiger partial charge in [0, 0.05) is 10.7 Å². The van der Waals surface area contributed by atoms with E-state index in [4.69, 9.17) is 20.8 Å². The largest absolute Gasteiger partial charge is 0.495 e. The average Bonchev–Trinajstić information content (AvgIpc) is 3.21. The Morgan fingerprint density at radius 2 is 1.73 bits per heavy atom. The molecule has 156 valence electrons. The number of halogens is 1. The number of rotatable bonds is 9. The van der Waals surface area contributed by atoms with Crippen LogP contribution in [0.5, 0.6) is 5.75 Å². The maximum Gasteiger partial charge on any atom is 0.238 e. The van der Waals surface area contributed by atoms with Crippen LogP contribution in [0.3, 0.4) is 0 Å². The third-order valence-electron chi connectivity index (χ3n) is 4.19. The van der Waals surface area contributed by atoms with E-state index in [0.717, 1.165) is 0 Å². The summed E-state index contributed by atoms with van der Waals surface area (Å²) in [6, 6.07) is 17.6. The van der Waals surface area contributed by atoms with Gasteiger partial charge < -0.3 is 19.8 Å². The smallest absolute Gasteiger partial charge is 0.238 e. The van der Waals surface area contributed by atoms with Gasteiger partial charge in [0.05, 0.1) is 38.7 Å². The van der Waals surface area contributed by atoms with E-state index in [0.29, 0.717) is 34.5 Å². The van der Waals surface area contributed by atoms with Gasteiger partial charge in [-0.15, -0.1) is 0 Å². The molecule has 0 bridgehead atoms. The summed E-state index contributed by atoms with van der Waals surface area (Å²) in [6.45, 7) is 0.281. The number of ether oxygens (including phenoxy) is 1. The molecule has 0 radical (unpaired) electrons. The molecule has 0 saturated heterocycles. The molecular formula is C22H22ClN3O4. The van der Waals surface area contributed by atoms with E-state index in [-0.39, 0.29) is 24.9 Å². The van der Waals surface area contributed by atoms with Crippen LogP contribution in [0, 0.1) is 0 Å². The molecule has 0 fully saturated rings. The van der Waals surface area contributed by atoms with Gasteiger partial charge in [-0.25, -0.2) is 0 Å². The zero-order chi connectivity index (χ0) is 21.3. The number of benzene rings is 2. The lowest BCUT2D eigenvalue weighted by Gasteiger charge is -2.20. The summed E-state index contributed by atoms with van der Waals surface area (Å²) in [5.74, 6) is 0.596. The number of carbonyl (C=O) groups excluding carboxylic acids is 2. The predicted molar refractivity (Wildman–Crippen MR) is 116 cm³/mol.